The first-order valence-corrected chi connectivity index (χ1v) is 7.38. The molecule has 2 aliphatic heterocycles. The summed E-state index contributed by atoms with van der Waals surface area (Å²) in [6.45, 7) is 3.38. The van der Waals surface area contributed by atoms with Crippen molar-refractivity contribution in [1.29, 1.82) is 0 Å². The highest BCUT2D eigenvalue weighted by molar-refractivity contribution is 5.96. The predicted molar refractivity (Wildman–Crippen MR) is 79.7 cm³/mol. The largest absolute Gasteiger partial charge is 0.508 e. The molecule has 2 amide bonds. The predicted octanol–water partition coefficient (Wildman–Crippen LogP) is 0.774. The number of phenolic OH excluding ortho intramolecular Hbond substituents is 1. The van der Waals surface area contributed by atoms with Gasteiger partial charge in [-0.25, -0.2) is 0 Å². The Bertz CT molecular complexity index is 631. The van der Waals surface area contributed by atoms with Crippen LogP contribution in [0.5, 0.6) is 5.75 Å². The number of likely N-dealkylation sites (tertiary alicyclic amines) is 1. The molecule has 0 saturated carbocycles. The van der Waals surface area contributed by atoms with Crippen molar-refractivity contribution in [3.8, 4) is 5.75 Å². The second kappa shape index (κ2) is 5.28. The molecule has 0 aromatic heterocycles. The first-order chi connectivity index (χ1) is 10.4. The Hall–Kier alpha value is -2.08. The molecule has 1 atom stereocenters. The molecule has 0 aliphatic carbocycles. The minimum Gasteiger partial charge on any atom is -0.508 e. The molecule has 3 rings (SSSR count). The van der Waals surface area contributed by atoms with Gasteiger partial charge in [-0.3, -0.25) is 9.59 Å². The summed E-state index contributed by atoms with van der Waals surface area (Å²) < 4.78 is 5.74. The third kappa shape index (κ3) is 2.43. The maximum absolute atomic E-state index is 12.7. The van der Waals surface area contributed by atoms with Gasteiger partial charge in [0.25, 0.3) is 5.91 Å². The Morgan fingerprint density at radius 1 is 1.36 bits per heavy atom. The van der Waals surface area contributed by atoms with Crippen molar-refractivity contribution < 1.29 is 19.4 Å². The summed E-state index contributed by atoms with van der Waals surface area (Å²) in [5.74, 6) is -0.00772. The van der Waals surface area contributed by atoms with Gasteiger partial charge in [0.15, 0.2) is 0 Å². The van der Waals surface area contributed by atoms with Crippen LogP contribution < -0.4 is 0 Å². The van der Waals surface area contributed by atoms with E-state index < -0.39 is 5.60 Å². The van der Waals surface area contributed by atoms with Crippen LogP contribution >= 0.6 is 0 Å². The van der Waals surface area contributed by atoms with Gasteiger partial charge in [-0.05, 0) is 25.5 Å². The van der Waals surface area contributed by atoms with E-state index in [1.807, 2.05) is 0 Å². The smallest absolute Gasteiger partial charge is 0.254 e. The summed E-state index contributed by atoms with van der Waals surface area (Å²) in [6.07, 6.45) is 0.716. The summed E-state index contributed by atoms with van der Waals surface area (Å²) in [4.78, 5) is 27.6. The Morgan fingerprint density at radius 2 is 2.14 bits per heavy atom. The van der Waals surface area contributed by atoms with Crippen molar-refractivity contribution in [2.75, 3.05) is 33.3 Å². The van der Waals surface area contributed by atoms with Gasteiger partial charge in [0.1, 0.15) is 18.0 Å². The molecule has 6 nitrogen and oxygen atoms in total. The molecular formula is C16H20N2O4. The lowest BCUT2D eigenvalue weighted by molar-refractivity contribution is -0.158. The zero-order chi connectivity index (χ0) is 15.9. The van der Waals surface area contributed by atoms with Crippen LogP contribution in [-0.4, -0.2) is 65.6 Å². The number of aromatic hydroxyl groups is 1. The average Bonchev–Trinajstić information content (AvgIpc) is 2.90. The summed E-state index contributed by atoms with van der Waals surface area (Å²) in [5.41, 5.74) is 0.644. The van der Waals surface area contributed by atoms with Gasteiger partial charge in [-0.1, -0.05) is 6.07 Å². The van der Waals surface area contributed by atoms with Crippen LogP contribution in [0.1, 0.15) is 22.3 Å². The van der Waals surface area contributed by atoms with Gasteiger partial charge in [0, 0.05) is 24.7 Å². The van der Waals surface area contributed by atoms with E-state index in [-0.39, 0.29) is 24.2 Å². The first kappa shape index (κ1) is 14.8. The van der Waals surface area contributed by atoms with Gasteiger partial charge >= 0.3 is 0 Å². The lowest BCUT2D eigenvalue weighted by Crippen LogP contribution is -2.54. The highest BCUT2D eigenvalue weighted by atomic mass is 16.5. The molecule has 2 heterocycles. The number of amides is 2. The summed E-state index contributed by atoms with van der Waals surface area (Å²) >= 11 is 0. The van der Waals surface area contributed by atoms with E-state index >= 15 is 0 Å². The summed E-state index contributed by atoms with van der Waals surface area (Å²) in [7, 11) is 1.76. The molecule has 6 heteroatoms. The highest BCUT2D eigenvalue weighted by Crippen LogP contribution is 2.31. The van der Waals surface area contributed by atoms with E-state index in [0.29, 0.717) is 37.2 Å². The molecular weight excluding hydrogens is 284 g/mol. The van der Waals surface area contributed by atoms with Gasteiger partial charge in [-0.2, -0.15) is 0 Å². The molecule has 1 N–H and O–H groups in total. The zero-order valence-corrected chi connectivity index (χ0v) is 12.8. The van der Waals surface area contributed by atoms with Crippen molar-refractivity contribution in [3.05, 3.63) is 29.3 Å². The zero-order valence-electron chi connectivity index (χ0n) is 12.8. The molecule has 2 fully saturated rings. The fourth-order valence-electron chi connectivity index (χ4n) is 3.18. The Kier molecular flexibility index (Phi) is 3.56. The van der Waals surface area contributed by atoms with Crippen molar-refractivity contribution in [3.63, 3.8) is 0 Å². The van der Waals surface area contributed by atoms with Crippen molar-refractivity contribution >= 4 is 11.8 Å². The van der Waals surface area contributed by atoms with Gasteiger partial charge in [0.2, 0.25) is 5.91 Å². The topological polar surface area (TPSA) is 70.1 Å². The average molecular weight is 304 g/mol. The number of ether oxygens (including phenoxy) is 1. The lowest BCUT2D eigenvalue weighted by atomic mass is 10.0. The van der Waals surface area contributed by atoms with E-state index in [1.165, 1.54) is 0 Å². The Labute approximate surface area is 129 Å². The number of rotatable bonds is 1. The number of phenols is 1. The molecule has 118 valence electrons. The van der Waals surface area contributed by atoms with Crippen LogP contribution in [0.15, 0.2) is 18.2 Å². The number of carbonyl (C=O) groups is 2. The molecule has 1 aromatic rings. The number of benzene rings is 1. The number of morpholine rings is 1. The van der Waals surface area contributed by atoms with E-state index in [1.54, 1.807) is 42.0 Å². The molecule has 2 saturated heterocycles. The second-order valence-electron chi connectivity index (χ2n) is 6.15. The van der Waals surface area contributed by atoms with E-state index in [2.05, 4.69) is 0 Å². The minimum absolute atomic E-state index is 0.0285. The number of carbonyl (C=O) groups excluding carboxylic acids is 2. The number of hydrogen-bond acceptors (Lipinski definition) is 4. The monoisotopic (exact) mass is 304 g/mol. The molecule has 0 radical (unpaired) electrons. The first-order valence-electron chi connectivity index (χ1n) is 7.38. The molecule has 22 heavy (non-hydrogen) atoms. The number of hydrogen-bond donors (Lipinski definition) is 1. The van der Waals surface area contributed by atoms with E-state index in [4.69, 9.17) is 4.74 Å². The van der Waals surface area contributed by atoms with Crippen molar-refractivity contribution in [2.45, 2.75) is 18.9 Å². The van der Waals surface area contributed by atoms with Crippen molar-refractivity contribution in [2.24, 2.45) is 0 Å². The minimum atomic E-state index is -0.455. The Balaban J connectivity index is 1.76. The second-order valence-corrected chi connectivity index (χ2v) is 6.15. The fraction of sp³-hybridized carbons (Fsp3) is 0.500. The van der Waals surface area contributed by atoms with Crippen LogP contribution in [0.2, 0.25) is 0 Å². The Morgan fingerprint density at radius 3 is 2.86 bits per heavy atom. The number of likely N-dealkylation sites (N-methyl/N-ethyl adjacent to an activating group) is 1. The van der Waals surface area contributed by atoms with Gasteiger partial charge < -0.3 is 19.6 Å². The molecule has 0 bridgehead atoms. The van der Waals surface area contributed by atoms with Crippen molar-refractivity contribution in [1.82, 2.24) is 9.80 Å². The van der Waals surface area contributed by atoms with Crippen LogP contribution in [0, 0.1) is 6.92 Å². The van der Waals surface area contributed by atoms with Crippen LogP contribution in [0.3, 0.4) is 0 Å². The fourth-order valence-corrected chi connectivity index (χ4v) is 3.18. The van der Waals surface area contributed by atoms with Crippen LogP contribution in [0.4, 0.5) is 0 Å². The van der Waals surface area contributed by atoms with E-state index in [9.17, 15) is 14.7 Å². The van der Waals surface area contributed by atoms with Gasteiger partial charge in [0.05, 0.1) is 13.1 Å². The molecule has 0 unspecified atom stereocenters. The molecule has 2 aliphatic rings. The maximum atomic E-state index is 12.7. The van der Waals surface area contributed by atoms with Crippen LogP contribution in [-0.2, 0) is 9.53 Å². The third-order valence-electron chi connectivity index (χ3n) is 4.59. The number of nitrogens with zero attached hydrogens (tertiary/aromatic N) is 2. The normalized spacial score (nSPS) is 25.1. The molecule has 1 aromatic carbocycles. The lowest BCUT2D eigenvalue weighted by Gasteiger charge is -2.38. The van der Waals surface area contributed by atoms with Crippen LogP contribution in [0.25, 0.3) is 0 Å². The van der Waals surface area contributed by atoms with E-state index in [0.717, 1.165) is 0 Å². The van der Waals surface area contributed by atoms with Gasteiger partial charge in [-0.15, -0.1) is 0 Å². The summed E-state index contributed by atoms with van der Waals surface area (Å²) in [6, 6.07) is 4.97. The SMILES string of the molecule is Cc1c(O)cccc1C(=O)N1CC[C@]2(CN(C)C(=O)CO2)C1. The molecule has 1 spiro atoms. The quantitative estimate of drug-likeness (QED) is 0.832. The summed E-state index contributed by atoms with van der Waals surface area (Å²) in [5, 5.41) is 9.76. The highest BCUT2D eigenvalue weighted by Gasteiger charge is 2.45. The third-order valence-corrected chi connectivity index (χ3v) is 4.59. The standard InChI is InChI=1S/C16H20N2O4/c1-11-12(4-3-5-13(11)19)15(21)18-7-6-16(10-18)9-17(2)14(20)8-22-16/h3-5,19H,6-10H2,1-2H3/t16-/m0/s1. The maximum Gasteiger partial charge on any atom is 0.254 e.